The van der Waals surface area contributed by atoms with Crippen molar-refractivity contribution in [3.63, 3.8) is 0 Å². The summed E-state index contributed by atoms with van der Waals surface area (Å²) in [5, 5.41) is 9.83. The molecule has 0 saturated heterocycles. The molecule has 2 fully saturated rings. The highest BCUT2D eigenvalue weighted by Gasteiger charge is 2.71. The molecule has 3 nitrogen and oxygen atoms in total. The van der Waals surface area contributed by atoms with Gasteiger partial charge in [0.15, 0.2) is 5.82 Å². The molecule has 4 aliphatic rings. The van der Waals surface area contributed by atoms with Gasteiger partial charge < -0.3 is 0 Å². The first-order valence-corrected chi connectivity index (χ1v) is 13.7. The van der Waals surface area contributed by atoms with Gasteiger partial charge in [-0.15, -0.1) is 10.2 Å². The molecule has 4 unspecified atom stereocenters. The fourth-order valence-electron chi connectivity index (χ4n) is 6.65. The minimum Gasteiger partial charge on any atom is -0.279 e. The fraction of sp³-hybridized carbons (Fsp3) is 0.394. The first-order valence-electron chi connectivity index (χ1n) is 13.7. The van der Waals surface area contributed by atoms with Gasteiger partial charge >= 0.3 is 0 Å². The van der Waals surface area contributed by atoms with E-state index in [0.29, 0.717) is 17.8 Å². The number of para-hydroxylation sites is 1. The summed E-state index contributed by atoms with van der Waals surface area (Å²) >= 11 is 0. The maximum absolute atomic E-state index is 4.96. The zero-order valence-corrected chi connectivity index (χ0v) is 21.7. The third kappa shape index (κ3) is 3.99. The van der Waals surface area contributed by atoms with Crippen molar-refractivity contribution in [3.8, 4) is 5.69 Å². The van der Waals surface area contributed by atoms with E-state index < -0.39 is 0 Å². The highest BCUT2D eigenvalue weighted by molar-refractivity contribution is 5.71. The first-order chi connectivity index (χ1) is 17.6. The normalized spacial score (nSPS) is 28.7. The van der Waals surface area contributed by atoms with Crippen molar-refractivity contribution in [2.45, 2.75) is 64.2 Å². The van der Waals surface area contributed by atoms with Crippen LogP contribution in [0.3, 0.4) is 0 Å². The summed E-state index contributed by atoms with van der Waals surface area (Å²) in [7, 11) is 0. The van der Waals surface area contributed by atoms with Gasteiger partial charge in [-0.3, -0.25) is 4.57 Å². The number of allylic oxidation sites excluding steroid dienone is 11. The maximum Gasteiger partial charge on any atom is 0.168 e. The second-order valence-corrected chi connectivity index (χ2v) is 11.0. The lowest BCUT2D eigenvalue weighted by Crippen LogP contribution is -2.23. The molecule has 4 atom stereocenters. The van der Waals surface area contributed by atoms with E-state index in [1.54, 1.807) is 0 Å². The molecule has 2 aromatic rings. The van der Waals surface area contributed by atoms with Crippen LogP contribution in [0, 0.1) is 17.8 Å². The van der Waals surface area contributed by atoms with Crippen molar-refractivity contribution < 1.29 is 0 Å². The van der Waals surface area contributed by atoms with Gasteiger partial charge in [0.1, 0.15) is 5.82 Å². The fourth-order valence-corrected chi connectivity index (χ4v) is 6.65. The van der Waals surface area contributed by atoms with E-state index in [1.807, 2.05) is 0 Å². The van der Waals surface area contributed by atoms with Crippen molar-refractivity contribution in [3.05, 3.63) is 108 Å². The molecule has 36 heavy (non-hydrogen) atoms. The minimum atomic E-state index is 0.128. The average molecular weight is 476 g/mol. The highest BCUT2D eigenvalue weighted by Crippen LogP contribution is 2.73. The summed E-state index contributed by atoms with van der Waals surface area (Å²) in [6.07, 6.45) is 24.2. The Hall–Kier alpha value is -3.20. The molecule has 6 rings (SSSR count). The van der Waals surface area contributed by atoms with E-state index in [2.05, 4.69) is 97.9 Å². The van der Waals surface area contributed by atoms with Crippen molar-refractivity contribution in [2.75, 3.05) is 0 Å². The Morgan fingerprint density at radius 3 is 2.89 bits per heavy atom. The van der Waals surface area contributed by atoms with Gasteiger partial charge in [0, 0.05) is 16.7 Å². The van der Waals surface area contributed by atoms with Gasteiger partial charge in [-0.1, -0.05) is 85.4 Å². The molecule has 0 aliphatic heterocycles. The molecular formula is C33H37N3. The lowest BCUT2D eigenvalue weighted by Gasteiger charge is -2.23. The molecule has 1 aromatic heterocycles. The second-order valence-electron chi connectivity index (χ2n) is 11.0. The van der Waals surface area contributed by atoms with Gasteiger partial charge in [0.05, 0.1) is 0 Å². The van der Waals surface area contributed by atoms with Crippen LogP contribution >= 0.6 is 0 Å². The van der Waals surface area contributed by atoms with Gasteiger partial charge in [-0.05, 0) is 87.3 Å². The Balaban J connectivity index is 1.38. The van der Waals surface area contributed by atoms with Crippen molar-refractivity contribution >= 4 is 5.57 Å². The van der Waals surface area contributed by atoms with Crippen molar-refractivity contribution in [1.82, 2.24) is 14.8 Å². The summed E-state index contributed by atoms with van der Waals surface area (Å²) in [6, 6.07) is 10.7. The predicted molar refractivity (Wildman–Crippen MR) is 149 cm³/mol. The lowest BCUT2D eigenvalue weighted by molar-refractivity contribution is 0.485. The van der Waals surface area contributed by atoms with Crippen LogP contribution in [0.25, 0.3) is 11.3 Å². The van der Waals surface area contributed by atoms with Crippen LogP contribution in [0.1, 0.15) is 70.4 Å². The molecule has 184 valence electrons. The van der Waals surface area contributed by atoms with Crippen LogP contribution in [0.15, 0.2) is 96.2 Å². The summed E-state index contributed by atoms with van der Waals surface area (Å²) in [4.78, 5) is 0. The van der Waals surface area contributed by atoms with Crippen LogP contribution in [-0.2, 0) is 5.41 Å². The Kier molecular flexibility index (Phi) is 6.03. The molecule has 0 spiro atoms. The van der Waals surface area contributed by atoms with Gasteiger partial charge in [-0.2, -0.15) is 0 Å². The summed E-state index contributed by atoms with van der Waals surface area (Å²) in [6.45, 7) is 8.62. The molecule has 2 saturated carbocycles. The van der Waals surface area contributed by atoms with Crippen LogP contribution in [-0.4, -0.2) is 14.8 Å². The zero-order valence-electron chi connectivity index (χ0n) is 21.7. The number of benzene rings is 1. The molecule has 1 aromatic carbocycles. The van der Waals surface area contributed by atoms with Gasteiger partial charge in [0.25, 0.3) is 0 Å². The molecule has 0 bridgehead atoms. The Morgan fingerprint density at radius 1 is 1.22 bits per heavy atom. The largest absolute Gasteiger partial charge is 0.279 e. The molecule has 4 aliphatic carbocycles. The Bertz CT molecular complexity index is 1320. The third-order valence-corrected chi connectivity index (χ3v) is 8.57. The van der Waals surface area contributed by atoms with Gasteiger partial charge in [0.2, 0.25) is 0 Å². The van der Waals surface area contributed by atoms with E-state index >= 15 is 0 Å². The molecule has 0 radical (unpaired) electrons. The van der Waals surface area contributed by atoms with E-state index in [0.717, 1.165) is 30.2 Å². The van der Waals surface area contributed by atoms with Crippen LogP contribution in [0.4, 0.5) is 0 Å². The number of fused-ring (bicyclic) bond motifs is 3. The van der Waals surface area contributed by atoms with E-state index in [9.17, 15) is 0 Å². The van der Waals surface area contributed by atoms with Crippen LogP contribution in [0.2, 0.25) is 0 Å². The Labute approximate surface area is 215 Å². The smallest absolute Gasteiger partial charge is 0.168 e. The molecule has 3 heteroatoms. The quantitative estimate of drug-likeness (QED) is 0.361. The van der Waals surface area contributed by atoms with Gasteiger partial charge in [-0.25, -0.2) is 0 Å². The van der Waals surface area contributed by atoms with Crippen LogP contribution in [0.5, 0.6) is 0 Å². The number of rotatable bonds is 8. The van der Waals surface area contributed by atoms with E-state index in [-0.39, 0.29) is 5.41 Å². The Morgan fingerprint density at radius 2 is 2.08 bits per heavy atom. The van der Waals surface area contributed by atoms with E-state index in [1.165, 1.54) is 54.4 Å². The topological polar surface area (TPSA) is 30.7 Å². The zero-order chi connectivity index (χ0) is 24.7. The molecule has 1 heterocycles. The highest BCUT2D eigenvalue weighted by atomic mass is 15.3. The predicted octanol–water partition coefficient (Wildman–Crippen LogP) is 8.08. The lowest BCUT2D eigenvalue weighted by atomic mass is 9.85. The standard InChI is InChI=1S/C33H37N3/c1-4-13-25(17-12-16-24-14-8-5-6-9-15-24)31-34-35-32(36(31)27-18-10-7-11-19-27)33-22-26(33)20-28(23(2)3)29-21-30(29)33/h5,7-8,10-14,17-20,26,29-30H,2,4,6,9,15-16,21-22H2,1,3H3/b17-12-,25-13+. The monoisotopic (exact) mass is 475 g/mol. The third-order valence-electron chi connectivity index (χ3n) is 8.57. The van der Waals surface area contributed by atoms with Crippen molar-refractivity contribution in [1.29, 1.82) is 0 Å². The average Bonchev–Trinajstić information content (AvgIpc) is 3.78. The summed E-state index contributed by atoms with van der Waals surface area (Å²) in [5.74, 6) is 4.00. The maximum atomic E-state index is 4.96. The summed E-state index contributed by atoms with van der Waals surface area (Å²) in [5.41, 5.74) is 6.70. The number of nitrogens with zero attached hydrogens (tertiary/aromatic N) is 3. The number of hydrogen-bond acceptors (Lipinski definition) is 2. The minimum absolute atomic E-state index is 0.128. The molecule has 0 N–H and O–H groups in total. The number of hydrogen-bond donors (Lipinski definition) is 0. The SMILES string of the molecule is C=C(C)C1=CC2CC2(c2nnc(C(/C=C\CC3=CC=CCCC3)=C/CC)n2-c2ccccc2)C2CC12. The van der Waals surface area contributed by atoms with Crippen molar-refractivity contribution in [2.24, 2.45) is 17.8 Å². The molecular weight excluding hydrogens is 438 g/mol. The van der Waals surface area contributed by atoms with Crippen LogP contribution < -0.4 is 0 Å². The second kappa shape index (κ2) is 9.35. The first kappa shape index (κ1) is 23.2. The molecule has 0 amide bonds. The summed E-state index contributed by atoms with van der Waals surface area (Å²) < 4.78 is 2.37. The number of aromatic nitrogens is 3. The van der Waals surface area contributed by atoms with E-state index in [4.69, 9.17) is 10.2 Å².